The van der Waals surface area contributed by atoms with Gasteiger partial charge in [-0.2, -0.15) is 0 Å². The Hall–Kier alpha value is -1.13. The predicted molar refractivity (Wildman–Crippen MR) is 49.5 cm³/mol. The van der Waals surface area contributed by atoms with Crippen molar-refractivity contribution >= 4 is 0 Å². The summed E-state index contributed by atoms with van der Waals surface area (Å²) in [6.07, 6.45) is 0. The van der Waals surface area contributed by atoms with Gasteiger partial charge in [0.15, 0.2) is 11.6 Å². The van der Waals surface area contributed by atoms with E-state index in [9.17, 15) is 4.39 Å². The monoisotopic (exact) mass is 200 g/mol. The lowest BCUT2D eigenvalue weighted by molar-refractivity contribution is -0.232. The van der Waals surface area contributed by atoms with Gasteiger partial charge in [-0.15, -0.1) is 0 Å². The molecule has 3 nitrogen and oxygen atoms in total. The predicted octanol–water partition coefficient (Wildman–Crippen LogP) is 2.17. The molecule has 78 valence electrons. The van der Waals surface area contributed by atoms with Crippen LogP contribution >= 0.6 is 0 Å². The van der Waals surface area contributed by atoms with E-state index >= 15 is 0 Å². The summed E-state index contributed by atoms with van der Waals surface area (Å²) in [6.45, 7) is 1.38. The second kappa shape index (κ2) is 5.57. The fourth-order valence-corrected chi connectivity index (χ4v) is 0.930. The van der Waals surface area contributed by atoms with Gasteiger partial charge < -0.3 is 14.2 Å². The normalized spacial score (nSPS) is 12.5. The van der Waals surface area contributed by atoms with E-state index in [2.05, 4.69) is 0 Å². The Bertz CT molecular complexity index is 278. The summed E-state index contributed by atoms with van der Waals surface area (Å²) < 4.78 is 28.1. The van der Waals surface area contributed by atoms with Crippen molar-refractivity contribution in [2.45, 2.75) is 13.4 Å². The van der Waals surface area contributed by atoms with Crippen LogP contribution in [0, 0.1) is 5.82 Å². The van der Waals surface area contributed by atoms with Crippen molar-refractivity contribution in [1.29, 1.82) is 0 Å². The number of rotatable bonds is 5. The van der Waals surface area contributed by atoms with E-state index in [0.29, 0.717) is 6.61 Å². The molecule has 0 amide bonds. The molecule has 0 saturated carbocycles. The van der Waals surface area contributed by atoms with Crippen LogP contribution < -0.4 is 4.74 Å². The third-order valence-corrected chi connectivity index (χ3v) is 1.56. The topological polar surface area (TPSA) is 27.7 Å². The third kappa shape index (κ3) is 2.97. The summed E-state index contributed by atoms with van der Waals surface area (Å²) >= 11 is 0. The fourth-order valence-electron chi connectivity index (χ4n) is 0.930. The highest BCUT2D eigenvalue weighted by Gasteiger charge is 2.10. The molecule has 0 fully saturated rings. The molecular weight excluding hydrogens is 187 g/mol. The molecule has 0 aliphatic carbocycles. The van der Waals surface area contributed by atoms with E-state index < -0.39 is 12.3 Å². The van der Waals surface area contributed by atoms with Crippen LogP contribution in [0.5, 0.6) is 5.75 Å². The van der Waals surface area contributed by atoms with Crippen molar-refractivity contribution in [1.82, 2.24) is 0 Å². The Kier molecular flexibility index (Phi) is 4.35. The molecule has 14 heavy (non-hydrogen) atoms. The maximum Gasteiger partial charge on any atom is 0.315 e. The number of ether oxygens (including phenoxy) is 3. The lowest BCUT2D eigenvalue weighted by Gasteiger charge is -2.16. The van der Waals surface area contributed by atoms with E-state index in [-0.39, 0.29) is 5.75 Å². The summed E-state index contributed by atoms with van der Waals surface area (Å²) in [4.78, 5) is 0. The van der Waals surface area contributed by atoms with E-state index in [1.807, 2.05) is 0 Å². The number of hydrogen-bond donors (Lipinski definition) is 0. The van der Waals surface area contributed by atoms with Crippen molar-refractivity contribution in [3.63, 3.8) is 0 Å². The summed E-state index contributed by atoms with van der Waals surface area (Å²) in [5.74, 6) is -0.318. The standard InChI is InChI=1S/C10H13FO3/c1-3-13-10(12-2)14-9-7-5-4-6-8(9)11/h4-7,10H,3H2,1-2H3. The number of halogens is 1. The minimum absolute atomic E-state index is 0.118. The molecule has 1 unspecified atom stereocenters. The molecule has 4 heteroatoms. The maximum atomic E-state index is 13.1. The van der Waals surface area contributed by atoms with Gasteiger partial charge in [-0.25, -0.2) is 4.39 Å². The van der Waals surface area contributed by atoms with Gasteiger partial charge in [-0.1, -0.05) is 12.1 Å². The molecule has 1 rings (SSSR count). The van der Waals surface area contributed by atoms with Gasteiger partial charge >= 0.3 is 6.48 Å². The molecule has 0 saturated heterocycles. The van der Waals surface area contributed by atoms with Gasteiger partial charge in [-0.05, 0) is 19.1 Å². The molecular formula is C10H13FO3. The Labute approximate surface area is 82.4 Å². The van der Waals surface area contributed by atoms with Gasteiger partial charge in [0.2, 0.25) is 0 Å². The fraction of sp³-hybridized carbons (Fsp3) is 0.400. The largest absolute Gasteiger partial charge is 0.438 e. The number of para-hydroxylation sites is 1. The minimum atomic E-state index is -0.864. The van der Waals surface area contributed by atoms with E-state index in [1.54, 1.807) is 19.1 Å². The lowest BCUT2D eigenvalue weighted by Crippen LogP contribution is -2.22. The molecule has 0 spiro atoms. The summed E-state index contributed by atoms with van der Waals surface area (Å²) in [5, 5.41) is 0. The molecule has 0 aliphatic heterocycles. The highest BCUT2D eigenvalue weighted by Crippen LogP contribution is 2.17. The van der Waals surface area contributed by atoms with Crippen LogP contribution in [0.1, 0.15) is 6.92 Å². The van der Waals surface area contributed by atoms with Crippen LogP contribution in [0.4, 0.5) is 4.39 Å². The summed E-state index contributed by atoms with van der Waals surface area (Å²) in [5.41, 5.74) is 0. The van der Waals surface area contributed by atoms with Crippen LogP contribution in [0.15, 0.2) is 24.3 Å². The number of methoxy groups -OCH3 is 1. The SMILES string of the molecule is CCOC(OC)Oc1ccccc1F. The third-order valence-electron chi connectivity index (χ3n) is 1.56. The molecule has 0 radical (unpaired) electrons. The molecule has 1 atom stereocenters. The molecule has 0 aromatic heterocycles. The van der Waals surface area contributed by atoms with Crippen molar-refractivity contribution in [3.05, 3.63) is 30.1 Å². The van der Waals surface area contributed by atoms with Gasteiger partial charge in [0, 0.05) is 7.11 Å². The summed E-state index contributed by atoms with van der Waals surface area (Å²) in [6, 6.07) is 6.09. The molecule has 0 N–H and O–H groups in total. The van der Waals surface area contributed by atoms with Gasteiger partial charge in [0.1, 0.15) is 0 Å². The quantitative estimate of drug-likeness (QED) is 0.682. The van der Waals surface area contributed by atoms with E-state index in [0.717, 1.165) is 0 Å². The number of hydrogen-bond acceptors (Lipinski definition) is 3. The molecule has 1 aromatic rings. The first-order valence-electron chi connectivity index (χ1n) is 4.33. The Morgan fingerprint density at radius 1 is 1.36 bits per heavy atom. The zero-order valence-corrected chi connectivity index (χ0v) is 8.20. The minimum Gasteiger partial charge on any atom is -0.438 e. The Morgan fingerprint density at radius 2 is 2.07 bits per heavy atom. The Morgan fingerprint density at radius 3 is 2.64 bits per heavy atom. The molecule has 0 aliphatic rings. The Balaban J connectivity index is 2.62. The van der Waals surface area contributed by atoms with E-state index in [4.69, 9.17) is 14.2 Å². The number of benzene rings is 1. The molecule has 0 bridgehead atoms. The summed E-state index contributed by atoms with van der Waals surface area (Å²) in [7, 11) is 1.43. The van der Waals surface area contributed by atoms with Crippen LogP contribution in [0.3, 0.4) is 0 Å². The van der Waals surface area contributed by atoms with Crippen molar-refractivity contribution < 1.29 is 18.6 Å². The van der Waals surface area contributed by atoms with Gasteiger partial charge in [0.25, 0.3) is 0 Å². The van der Waals surface area contributed by atoms with Gasteiger partial charge in [0.05, 0.1) is 6.61 Å². The average Bonchev–Trinajstić information content (AvgIpc) is 2.20. The van der Waals surface area contributed by atoms with Crippen molar-refractivity contribution in [3.8, 4) is 5.75 Å². The second-order valence-electron chi connectivity index (χ2n) is 2.53. The van der Waals surface area contributed by atoms with Crippen LogP contribution in [-0.2, 0) is 9.47 Å². The average molecular weight is 200 g/mol. The van der Waals surface area contributed by atoms with Crippen LogP contribution in [0.25, 0.3) is 0 Å². The molecule has 0 heterocycles. The first kappa shape index (κ1) is 10.9. The van der Waals surface area contributed by atoms with Crippen molar-refractivity contribution in [2.75, 3.05) is 13.7 Å². The zero-order valence-electron chi connectivity index (χ0n) is 8.20. The molecule has 1 aromatic carbocycles. The maximum absolute atomic E-state index is 13.1. The van der Waals surface area contributed by atoms with Crippen LogP contribution in [0.2, 0.25) is 0 Å². The first-order chi connectivity index (χ1) is 6.77. The van der Waals surface area contributed by atoms with Gasteiger partial charge in [-0.3, -0.25) is 0 Å². The van der Waals surface area contributed by atoms with Crippen LogP contribution in [-0.4, -0.2) is 20.2 Å². The van der Waals surface area contributed by atoms with Crippen molar-refractivity contribution in [2.24, 2.45) is 0 Å². The first-order valence-corrected chi connectivity index (χ1v) is 4.33. The smallest absolute Gasteiger partial charge is 0.315 e. The zero-order chi connectivity index (χ0) is 10.4. The lowest BCUT2D eigenvalue weighted by atomic mass is 10.3. The van der Waals surface area contributed by atoms with E-state index in [1.165, 1.54) is 19.2 Å². The highest BCUT2D eigenvalue weighted by atomic mass is 19.1. The second-order valence-corrected chi connectivity index (χ2v) is 2.53. The highest BCUT2D eigenvalue weighted by molar-refractivity contribution is 5.23.